The third kappa shape index (κ3) is 6.30. The van der Waals surface area contributed by atoms with Gasteiger partial charge in [0.05, 0.1) is 13.7 Å². The second kappa shape index (κ2) is 9.87. The molecule has 0 spiro atoms. The summed E-state index contributed by atoms with van der Waals surface area (Å²) < 4.78 is 10.3. The van der Waals surface area contributed by atoms with Crippen LogP contribution < -0.4 is 10.1 Å². The Labute approximate surface area is 138 Å². The SMILES string of the molecule is CCCCCOc1ccc(C(=O)NC(C(=O)OC)C(C)C)cc1. The van der Waals surface area contributed by atoms with Crippen LogP contribution in [0.3, 0.4) is 0 Å². The molecule has 0 aromatic heterocycles. The van der Waals surface area contributed by atoms with Gasteiger partial charge in [-0.05, 0) is 36.6 Å². The molecule has 1 rings (SSSR count). The van der Waals surface area contributed by atoms with Gasteiger partial charge in [0.1, 0.15) is 11.8 Å². The molecule has 1 unspecified atom stereocenters. The van der Waals surface area contributed by atoms with E-state index in [1.807, 2.05) is 13.8 Å². The van der Waals surface area contributed by atoms with Gasteiger partial charge in [-0.25, -0.2) is 4.79 Å². The van der Waals surface area contributed by atoms with Crippen molar-refractivity contribution in [3.63, 3.8) is 0 Å². The molecule has 23 heavy (non-hydrogen) atoms. The van der Waals surface area contributed by atoms with Crippen LogP contribution in [0.1, 0.15) is 50.4 Å². The molecule has 1 N–H and O–H groups in total. The first-order chi connectivity index (χ1) is 11.0. The monoisotopic (exact) mass is 321 g/mol. The van der Waals surface area contributed by atoms with Gasteiger partial charge >= 0.3 is 5.97 Å². The summed E-state index contributed by atoms with van der Waals surface area (Å²) in [6, 6.07) is 6.27. The Bertz CT molecular complexity index is 496. The van der Waals surface area contributed by atoms with Gasteiger partial charge in [-0.3, -0.25) is 4.79 Å². The first kappa shape index (κ1) is 19.0. The number of nitrogens with one attached hydrogen (secondary N) is 1. The summed E-state index contributed by atoms with van der Waals surface area (Å²) in [7, 11) is 1.31. The second-order valence-electron chi connectivity index (χ2n) is 5.80. The number of carbonyl (C=O) groups is 2. The lowest BCUT2D eigenvalue weighted by Crippen LogP contribution is -2.45. The molecular formula is C18H27NO4. The van der Waals surface area contributed by atoms with Crippen molar-refractivity contribution in [3.8, 4) is 5.75 Å². The quantitative estimate of drug-likeness (QED) is 0.560. The van der Waals surface area contributed by atoms with E-state index < -0.39 is 12.0 Å². The van der Waals surface area contributed by atoms with Crippen molar-refractivity contribution in [3.05, 3.63) is 29.8 Å². The van der Waals surface area contributed by atoms with Crippen LogP contribution in [0.15, 0.2) is 24.3 Å². The average Bonchev–Trinajstić information content (AvgIpc) is 2.56. The molecule has 0 fully saturated rings. The van der Waals surface area contributed by atoms with E-state index in [0.717, 1.165) is 25.0 Å². The van der Waals surface area contributed by atoms with Crippen molar-refractivity contribution in [2.45, 2.75) is 46.1 Å². The summed E-state index contributed by atoms with van der Waals surface area (Å²) in [6.45, 7) is 6.54. The van der Waals surface area contributed by atoms with Crippen LogP contribution in [-0.2, 0) is 9.53 Å². The van der Waals surface area contributed by atoms with Crippen LogP contribution in [0.5, 0.6) is 5.75 Å². The Morgan fingerprint density at radius 2 is 1.78 bits per heavy atom. The number of benzene rings is 1. The third-order valence-corrected chi connectivity index (χ3v) is 3.54. The summed E-state index contributed by atoms with van der Waals surface area (Å²) in [5, 5.41) is 2.71. The number of rotatable bonds is 9. The number of ether oxygens (including phenoxy) is 2. The van der Waals surface area contributed by atoms with Gasteiger partial charge in [-0.2, -0.15) is 0 Å². The maximum Gasteiger partial charge on any atom is 0.328 e. The topological polar surface area (TPSA) is 64.6 Å². The molecule has 0 saturated carbocycles. The van der Waals surface area contributed by atoms with Crippen molar-refractivity contribution < 1.29 is 19.1 Å². The first-order valence-electron chi connectivity index (χ1n) is 8.11. The van der Waals surface area contributed by atoms with Crippen molar-refractivity contribution in [1.29, 1.82) is 0 Å². The maximum atomic E-state index is 12.2. The highest BCUT2D eigenvalue weighted by atomic mass is 16.5. The normalized spacial score (nSPS) is 11.9. The molecular weight excluding hydrogens is 294 g/mol. The van der Waals surface area contributed by atoms with E-state index in [1.54, 1.807) is 24.3 Å². The number of methoxy groups -OCH3 is 1. The van der Waals surface area contributed by atoms with E-state index in [2.05, 4.69) is 12.2 Å². The predicted molar refractivity (Wildman–Crippen MR) is 89.6 cm³/mol. The lowest BCUT2D eigenvalue weighted by Gasteiger charge is -2.19. The number of unbranched alkanes of at least 4 members (excludes halogenated alkanes) is 2. The van der Waals surface area contributed by atoms with Gasteiger partial charge < -0.3 is 14.8 Å². The van der Waals surface area contributed by atoms with Crippen molar-refractivity contribution in [1.82, 2.24) is 5.32 Å². The maximum absolute atomic E-state index is 12.2. The lowest BCUT2D eigenvalue weighted by atomic mass is 10.0. The zero-order valence-electron chi connectivity index (χ0n) is 14.4. The molecule has 0 aliphatic rings. The third-order valence-electron chi connectivity index (χ3n) is 3.54. The molecule has 0 aliphatic heterocycles. The fourth-order valence-electron chi connectivity index (χ4n) is 2.09. The van der Waals surface area contributed by atoms with E-state index in [0.29, 0.717) is 12.2 Å². The van der Waals surface area contributed by atoms with Crippen LogP contribution in [0.2, 0.25) is 0 Å². The molecule has 1 aromatic carbocycles. The van der Waals surface area contributed by atoms with Crippen molar-refractivity contribution in [2.24, 2.45) is 5.92 Å². The minimum atomic E-state index is -0.655. The Kier molecular flexibility index (Phi) is 8.16. The highest BCUT2D eigenvalue weighted by Gasteiger charge is 2.25. The standard InChI is InChI=1S/C18H27NO4/c1-5-6-7-12-23-15-10-8-14(9-11-15)17(20)19-16(13(2)3)18(21)22-4/h8-11,13,16H,5-7,12H2,1-4H3,(H,19,20). The van der Waals surface area contributed by atoms with Gasteiger partial charge in [0.2, 0.25) is 0 Å². The Balaban J connectivity index is 2.61. The lowest BCUT2D eigenvalue weighted by molar-refractivity contribution is -0.144. The number of amides is 1. The molecule has 5 nitrogen and oxygen atoms in total. The van der Waals surface area contributed by atoms with Gasteiger partial charge in [-0.1, -0.05) is 33.6 Å². The molecule has 0 saturated heterocycles. The second-order valence-corrected chi connectivity index (χ2v) is 5.80. The molecule has 0 heterocycles. The van der Waals surface area contributed by atoms with E-state index in [1.165, 1.54) is 7.11 Å². The van der Waals surface area contributed by atoms with Crippen LogP contribution in [-0.4, -0.2) is 31.6 Å². The van der Waals surface area contributed by atoms with E-state index in [9.17, 15) is 9.59 Å². The number of carbonyl (C=O) groups excluding carboxylic acids is 2. The Hall–Kier alpha value is -2.04. The fourth-order valence-corrected chi connectivity index (χ4v) is 2.09. The van der Waals surface area contributed by atoms with E-state index in [4.69, 9.17) is 9.47 Å². The van der Waals surface area contributed by atoms with Crippen LogP contribution in [0.4, 0.5) is 0 Å². The van der Waals surface area contributed by atoms with Gasteiger partial charge in [0.15, 0.2) is 0 Å². The summed E-state index contributed by atoms with van der Waals surface area (Å²) in [5.74, 6) is -0.0468. The Morgan fingerprint density at radius 3 is 2.30 bits per heavy atom. The predicted octanol–water partition coefficient (Wildman–Crippen LogP) is 3.18. The van der Waals surface area contributed by atoms with Crippen molar-refractivity contribution in [2.75, 3.05) is 13.7 Å². The van der Waals surface area contributed by atoms with Crippen LogP contribution in [0, 0.1) is 5.92 Å². The smallest absolute Gasteiger partial charge is 0.328 e. The molecule has 0 bridgehead atoms. The van der Waals surface area contributed by atoms with Crippen LogP contribution >= 0.6 is 0 Å². The first-order valence-corrected chi connectivity index (χ1v) is 8.11. The van der Waals surface area contributed by atoms with E-state index in [-0.39, 0.29) is 11.8 Å². The zero-order chi connectivity index (χ0) is 17.2. The number of hydrogen-bond acceptors (Lipinski definition) is 4. The average molecular weight is 321 g/mol. The molecule has 1 aromatic rings. The largest absolute Gasteiger partial charge is 0.494 e. The molecule has 0 aliphatic carbocycles. The summed E-state index contributed by atoms with van der Waals surface area (Å²) in [4.78, 5) is 23.9. The minimum Gasteiger partial charge on any atom is -0.494 e. The van der Waals surface area contributed by atoms with Crippen LogP contribution in [0.25, 0.3) is 0 Å². The minimum absolute atomic E-state index is 0.0485. The number of esters is 1. The van der Waals surface area contributed by atoms with Crippen molar-refractivity contribution >= 4 is 11.9 Å². The molecule has 1 atom stereocenters. The summed E-state index contributed by atoms with van der Waals surface area (Å²) in [6.07, 6.45) is 3.32. The highest BCUT2D eigenvalue weighted by Crippen LogP contribution is 2.14. The molecule has 0 radical (unpaired) electrons. The molecule has 1 amide bonds. The van der Waals surface area contributed by atoms with Gasteiger partial charge in [0.25, 0.3) is 5.91 Å². The number of hydrogen-bond donors (Lipinski definition) is 1. The zero-order valence-corrected chi connectivity index (χ0v) is 14.4. The fraction of sp³-hybridized carbons (Fsp3) is 0.556. The molecule has 128 valence electrons. The van der Waals surface area contributed by atoms with Gasteiger partial charge in [-0.15, -0.1) is 0 Å². The highest BCUT2D eigenvalue weighted by molar-refractivity contribution is 5.96. The van der Waals surface area contributed by atoms with E-state index >= 15 is 0 Å². The summed E-state index contributed by atoms with van der Waals surface area (Å²) in [5.41, 5.74) is 0.487. The summed E-state index contributed by atoms with van der Waals surface area (Å²) >= 11 is 0. The Morgan fingerprint density at radius 1 is 1.13 bits per heavy atom. The molecule has 5 heteroatoms. The van der Waals surface area contributed by atoms with Gasteiger partial charge in [0, 0.05) is 5.56 Å².